The van der Waals surface area contributed by atoms with Crippen LogP contribution in [0.2, 0.25) is 0 Å². The van der Waals surface area contributed by atoms with Crippen LogP contribution in [0.25, 0.3) is 0 Å². The van der Waals surface area contributed by atoms with Gasteiger partial charge in [-0.1, -0.05) is 30.3 Å². The van der Waals surface area contributed by atoms with E-state index >= 15 is 0 Å². The molecular formula is C21H26N4O4S. The van der Waals surface area contributed by atoms with E-state index in [0.29, 0.717) is 37.9 Å². The Balaban J connectivity index is 1.38. The lowest BCUT2D eigenvalue weighted by Crippen LogP contribution is -2.38. The topological polar surface area (TPSA) is 92.7 Å². The highest BCUT2D eigenvalue weighted by atomic mass is 32.2. The summed E-state index contributed by atoms with van der Waals surface area (Å²) in [6.07, 6.45) is 7.27. The molecule has 1 amide bonds. The number of ether oxygens (including phenoxy) is 1. The van der Waals surface area contributed by atoms with E-state index in [-0.39, 0.29) is 6.04 Å². The summed E-state index contributed by atoms with van der Waals surface area (Å²) in [5, 5.41) is 0. The quantitative estimate of drug-likeness (QED) is 0.698. The Bertz CT molecular complexity index is 974. The summed E-state index contributed by atoms with van der Waals surface area (Å²) in [5.41, 5.74) is 1.99. The molecule has 0 N–H and O–H groups in total. The highest BCUT2D eigenvalue weighted by Crippen LogP contribution is 2.25. The molecule has 0 radical (unpaired) electrons. The number of nitrogens with zero attached hydrogens (tertiary/aromatic N) is 4. The second-order valence-corrected chi connectivity index (χ2v) is 9.95. The van der Waals surface area contributed by atoms with E-state index in [1.165, 1.54) is 10.6 Å². The van der Waals surface area contributed by atoms with Crippen LogP contribution in [0.3, 0.4) is 0 Å². The van der Waals surface area contributed by atoms with E-state index in [1.807, 2.05) is 30.3 Å². The number of benzene rings is 1. The first-order valence-electron chi connectivity index (χ1n) is 10.2. The summed E-state index contributed by atoms with van der Waals surface area (Å²) in [7, 11) is -3.11. The first-order chi connectivity index (χ1) is 14.4. The van der Waals surface area contributed by atoms with Gasteiger partial charge in [-0.2, -0.15) is 0 Å². The normalized spacial score (nSPS) is 21.0. The van der Waals surface area contributed by atoms with Gasteiger partial charge in [-0.3, -0.25) is 9.88 Å². The molecule has 1 atom stereocenters. The van der Waals surface area contributed by atoms with E-state index in [0.717, 1.165) is 30.5 Å². The van der Waals surface area contributed by atoms with E-state index in [1.54, 1.807) is 17.3 Å². The van der Waals surface area contributed by atoms with Crippen molar-refractivity contribution >= 4 is 21.9 Å². The average molecular weight is 431 g/mol. The Hall–Kier alpha value is -2.52. The molecule has 160 valence electrons. The zero-order valence-electron chi connectivity index (χ0n) is 17.0. The summed E-state index contributed by atoms with van der Waals surface area (Å²) < 4.78 is 30.1. The van der Waals surface area contributed by atoms with Gasteiger partial charge in [0, 0.05) is 13.1 Å². The van der Waals surface area contributed by atoms with Gasteiger partial charge in [0.15, 0.2) is 5.82 Å². The maximum Gasteiger partial charge on any atom is 0.415 e. The fraction of sp³-hybridized carbons (Fsp3) is 0.476. The van der Waals surface area contributed by atoms with Crippen molar-refractivity contribution in [3.8, 4) is 0 Å². The van der Waals surface area contributed by atoms with E-state index in [9.17, 15) is 13.2 Å². The number of amides is 1. The average Bonchev–Trinajstić information content (AvgIpc) is 3.09. The standard InChI is InChI=1S/C21H26N4O4S/c1-30(27,28)24-9-7-17(8-10-24)11-18-13-23-20(14-22-18)25-19(15-29-21(25)26)12-16-5-3-2-4-6-16/h2-6,13-14,17,19H,7-12,15H2,1H3/t19-/m0/s1. The first kappa shape index (κ1) is 20.7. The van der Waals surface area contributed by atoms with Gasteiger partial charge in [-0.15, -0.1) is 0 Å². The summed E-state index contributed by atoms with van der Waals surface area (Å²) in [6, 6.07) is 9.88. The third kappa shape index (κ3) is 4.79. The van der Waals surface area contributed by atoms with E-state index < -0.39 is 16.1 Å². The number of aromatic nitrogens is 2. The van der Waals surface area contributed by atoms with Crippen molar-refractivity contribution in [1.82, 2.24) is 14.3 Å². The van der Waals surface area contributed by atoms with Crippen molar-refractivity contribution in [3.63, 3.8) is 0 Å². The molecule has 2 saturated heterocycles. The molecule has 2 fully saturated rings. The molecule has 30 heavy (non-hydrogen) atoms. The van der Waals surface area contributed by atoms with Gasteiger partial charge in [0.1, 0.15) is 6.61 Å². The van der Waals surface area contributed by atoms with Crippen molar-refractivity contribution in [3.05, 3.63) is 54.0 Å². The number of rotatable bonds is 6. The minimum atomic E-state index is -3.11. The van der Waals surface area contributed by atoms with Gasteiger partial charge >= 0.3 is 6.09 Å². The van der Waals surface area contributed by atoms with Crippen molar-refractivity contribution in [1.29, 1.82) is 0 Å². The molecule has 1 aromatic heterocycles. The lowest BCUT2D eigenvalue weighted by Gasteiger charge is -2.30. The molecule has 0 aliphatic carbocycles. The highest BCUT2D eigenvalue weighted by molar-refractivity contribution is 7.88. The highest BCUT2D eigenvalue weighted by Gasteiger charge is 2.35. The molecular weight excluding hydrogens is 404 g/mol. The van der Waals surface area contributed by atoms with Gasteiger partial charge in [0.2, 0.25) is 10.0 Å². The Morgan fingerprint density at radius 3 is 2.43 bits per heavy atom. The van der Waals surface area contributed by atoms with Gasteiger partial charge in [-0.05, 0) is 37.2 Å². The fourth-order valence-corrected chi connectivity index (χ4v) is 4.97. The molecule has 0 bridgehead atoms. The first-order valence-corrected chi connectivity index (χ1v) is 12.0. The van der Waals surface area contributed by atoms with Crippen LogP contribution in [-0.2, 0) is 27.6 Å². The summed E-state index contributed by atoms with van der Waals surface area (Å²) >= 11 is 0. The molecule has 1 aromatic carbocycles. The fourth-order valence-electron chi connectivity index (χ4n) is 4.10. The maximum atomic E-state index is 12.3. The molecule has 0 unspecified atom stereocenters. The van der Waals surface area contributed by atoms with Crippen LogP contribution in [-0.4, -0.2) is 60.8 Å². The lowest BCUT2D eigenvalue weighted by atomic mass is 9.93. The molecule has 0 spiro atoms. The number of piperidine rings is 1. The summed E-state index contributed by atoms with van der Waals surface area (Å²) in [4.78, 5) is 22.8. The molecule has 4 rings (SSSR count). The summed E-state index contributed by atoms with van der Waals surface area (Å²) in [6.45, 7) is 1.43. The van der Waals surface area contributed by atoms with E-state index in [2.05, 4.69) is 9.97 Å². The van der Waals surface area contributed by atoms with Crippen molar-refractivity contribution in [2.75, 3.05) is 30.9 Å². The molecule has 9 heteroatoms. The van der Waals surface area contributed by atoms with Crippen LogP contribution in [0.15, 0.2) is 42.7 Å². The van der Waals surface area contributed by atoms with Crippen LogP contribution in [0.4, 0.5) is 10.6 Å². The van der Waals surface area contributed by atoms with Gasteiger partial charge in [0.05, 0.1) is 30.4 Å². The van der Waals surface area contributed by atoms with Gasteiger partial charge in [-0.25, -0.2) is 22.5 Å². The third-order valence-electron chi connectivity index (χ3n) is 5.75. The Morgan fingerprint density at radius 2 is 1.80 bits per heavy atom. The van der Waals surface area contributed by atoms with Crippen molar-refractivity contribution < 1.29 is 17.9 Å². The number of hydrogen-bond donors (Lipinski definition) is 0. The minimum Gasteiger partial charge on any atom is -0.447 e. The van der Waals surface area contributed by atoms with Crippen LogP contribution < -0.4 is 4.90 Å². The van der Waals surface area contributed by atoms with E-state index in [4.69, 9.17) is 4.74 Å². The Kier molecular flexibility index (Phi) is 6.01. The van der Waals surface area contributed by atoms with Crippen LogP contribution in [0, 0.1) is 5.92 Å². The predicted octanol–water partition coefficient (Wildman–Crippen LogP) is 2.26. The molecule has 0 saturated carbocycles. The lowest BCUT2D eigenvalue weighted by molar-refractivity contribution is 0.178. The van der Waals surface area contributed by atoms with Crippen LogP contribution in [0.5, 0.6) is 0 Å². The minimum absolute atomic E-state index is 0.111. The monoisotopic (exact) mass is 430 g/mol. The van der Waals surface area contributed by atoms with Crippen molar-refractivity contribution in [2.45, 2.75) is 31.7 Å². The second-order valence-electron chi connectivity index (χ2n) is 7.97. The van der Waals surface area contributed by atoms with Gasteiger partial charge < -0.3 is 4.74 Å². The molecule has 3 heterocycles. The molecule has 2 aliphatic heterocycles. The number of carbonyl (C=O) groups is 1. The SMILES string of the molecule is CS(=O)(=O)N1CCC(Cc2cnc(N3C(=O)OC[C@@H]3Cc3ccccc3)cn2)CC1. The molecule has 2 aliphatic rings. The second kappa shape index (κ2) is 8.69. The zero-order chi connectivity index (χ0) is 21.1. The third-order valence-corrected chi connectivity index (χ3v) is 7.06. The number of sulfonamides is 1. The Morgan fingerprint density at radius 1 is 1.07 bits per heavy atom. The Labute approximate surface area is 176 Å². The number of cyclic esters (lactones) is 1. The number of hydrogen-bond acceptors (Lipinski definition) is 6. The predicted molar refractivity (Wildman–Crippen MR) is 113 cm³/mol. The largest absolute Gasteiger partial charge is 0.447 e. The van der Waals surface area contributed by atoms with Crippen LogP contribution in [0.1, 0.15) is 24.1 Å². The maximum absolute atomic E-state index is 12.3. The van der Waals surface area contributed by atoms with Crippen LogP contribution >= 0.6 is 0 Å². The molecule has 2 aromatic rings. The summed E-state index contributed by atoms with van der Waals surface area (Å²) in [5.74, 6) is 0.875. The number of carbonyl (C=O) groups excluding carboxylic acids is 1. The number of anilines is 1. The smallest absolute Gasteiger partial charge is 0.415 e. The zero-order valence-corrected chi connectivity index (χ0v) is 17.8. The molecule has 8 nitrogen and oxygen atoms in total. The van der Waals surface area contributed by atoms with Crippen molar-refractivity contribution in [2.24, 2.45) is 5.92 Å². The van der Waals surface area contributed by atoms with Gasteiger partial charge in [0.25, 0.3) is 0 Å².